The Hall–Kier alpha value is -4.04. The van der Waals surface area contributed by atoms with Gasteiger partial charge in [-0.2, -0.15) is 0 Å². The van der Waals surface area contributed by atoms with Crippen molar-refractivity contribution in [3.8, 4) is 11.1 Å². The van der Waals surface area contributed by atoms with Gasteiger partial charge in [-0.1, -0.05) is 118 Å². The molecular formula is C39H44N2. The van der Waals surface area contributed by atoms with Gasteiger partial charge in [-0.25, -0.2) is 0 Å². The Morgan fingerprint density at radius 2 is 1.22 bits per heavy atom. The van der Waals surface area contributed by atoms with Gasteiger partial charge >= 0.3 is 0 Å². The minimum atomic E-state index is 0.467. The summed E-state index contributed by atoms with van der Waals surface area (Å²) in [5.41, 5.74) is 14.3. The molecule has 0 atom stereocenters. The maximum atomic E-state index is 3.84. The average molecular weight is 541 g/mol. The summed E-state index contributed by atoms with van der Waals surface area (Å²) >= 11 is 0. The van der Waals surface area contributed by atoms with Gasteiger partial charge in [-0.15, -0.1) is 0 Å². The minimum Gasteiger partial charge on any atom is -0.381 e. The molecule has 0 fully saturated rings. The van der Waals surface area contributed by atoms with Crippen molar-refractivity contribution in [2.24, 2.45) is 0 Å². The zero-order valence-corrected chi connectivity index (χ0v) is 25.7. The van der Waals surface area contributed by atoms with E-state index in [0.29, 0.717) is 11.8 Å². The molecule has 5 aromatic carbocycles. The van der Waals surface area contributed by atoms with Crippen molar-refractivity contribution in [3.63, 3.8) is 0 Å². The van der Waals surface area contributed by atoms with Gasteiger partial charge in [-0.05, 0) is 94.0 Å². The fraction of sp³-hybridized carbons (Fsp3) is 0.282. The van der Waals surface area contributed by atoms with E-state index in [1.165, 1.54) is 72.2 Å². The van der Waals surface area contributed by atoms with Crippen LogP contribution in [0, 0.1) is 20.8 Å². The third-order valence-corrected chi connectivity index (χ3v) is 8.21. The number of rotatable bonds is 9. The normalized spacial score (nSPS) is 11.4. The molecule has 5 rings (SSSR count). The molecule has 210 valence electrons. The van der Waals surface area contributed by atoms with Gasteiger partial charge in [0, 0.05) is 24.5 Å². The predicted molar refractivity (Wildman–Crippen MR) is 179 cm³/mol. The molecule has 0 radical (unpaired) electrons. The highest BCUT2D eigenvalue weighted by atomic mass is 14.9. The van der Waals surface area contributed by atoms with Gasteiger partial charge in [0.25, 0.3) is 0 Å². The minimum absolute atomic E-state index is 0.467. The maximum Gasteiger partial charge on any atom is 0.0413 e. The molecule has 2 N–H and O–H groups in total. The van der Waals surface area contributed by atoms with Gasteiger partial charge in [0.2, 0.25) is 0 Å². The number of anilines is 2. The van der Waals surface area contributed by atoms with Crippen LogP contribution in [0.2, 0.25) is 0 Å². The zero-order chi connectivity index (χ0) is 29.1. The van der Waals surface area contributed by atoms with Crippen LogP contribution in [0.15, 0.2) is 91.0 Å². The number of hydrogen-bond acceptors (Lipinski definition) is 2. The van der Waals surface area contributed by atoms with Gasteiger partial charge in [0.1, 0.15) is 0 Å². The Labute approximate surface area is 246 Å². The lowest BCUT2D eigenvalue weighted by molar-refractivity contribution is 0.832. The standard InChI is InChI=1S/C39H44N2/c1-25(2)34-16-11-17-35(26(3)4)39(34)40-23-30-12-10-14-32(22-30)37-33(19-18-31-13-8-9-15-36(31)37)24-41-38-28(6)20-27(5)21-29(38)7/h8-22,25-26,40-41H,23-24H2,1-7H3. The monoisotopic (exact) mass is 540 g/mol. The molecule has 0 aliphatic rings. The first-order valence-corrected chi connectivity index (χ1v) is 15.0. The van der Waals surface area contributed by atoms with Crippen molar-refractivity contribution in [2.45, 2.75) is 73.4 Å². The summed E-state index contributed by atoms with van der Waals surface area (Å²) in [4.78, 5) is 0. The third kappa shape index (κ3) is 6.17. The third-order valence-electron chi connectivity index (χ3n) is 8.21. The number of para-hydroxylation sites is 1. The van der Waals surface area contributed by atoms with Gasteiger partial charge in [0.15, 0.2) is 0 Å². The molecule has 0 saturated heterocycles. The Bertz CT molecular complexity index is 1630. The molecule has 2 heteroatoms. The van der Waals surface area contributed by atoms with Crippen molar-refractivity contribution in [1.29, 1.82) is 0 Å². The van der Waals surface area contributed by atoms with E-state index in [9.17, 15) is 0 Å². The Morgan fingerprint density at radius 1 is 0.585 bits per heavy atom. The van der Waals surface area contributed by atoms with Crippen LogP contribution < -0.4 is 10.6 Å². The van der Waals surface area contributed by atoms with E-state index in [2.05, 4.69) is 150 Å². The van der Waals surface area contributed by atoms with E-state index in [-0.39, 0.29) is 0 Å². The Balaban J connectivity index is 1.50. The smallest absolute Gasteiger partial charge is 0.0413 e. The summed E-state index contributed by atoms with van der Waals surface area (Å²) in [5, 5.41) is 10.2. The number of aryl methyl sites for hydroxylation is 3. The second-order valence-electron chi connectivity index (χ2n) is 12.1. The molecule has 5 aromatic rings. The van der Waals surface area contributed by atoms with Crippen molar-refractivity contribution in [2.75, 3.05) is 10.6 Å². The number of nitrogens with one attached hydrogen (secondary N) is 2. The van der Waals surface area contributed by atoms with Crippen LogP contribution in [0.1, 0.15) is 78.5 Å². The van der Waals surface area contributed by atoms with Gasteiger partial charge in [0.05, 0.1) is 0 Å². The lowest BCUT2D eigenvalue weighted by Gasteiger charge is -2.21. The largest absolute Gasteiger partial charge is 0.381 e. The van der Waals surface area contributed by atoms with E-state index in [4.69, 9.17) is 0 Å². The van der Waals surface area contributed by atoms with Crippen LogP contribution in [0.3, 0.4) is 0 Å². The summed E-state index contributed by atoms with van der Waals surface area (Å²) in [6, 6.07) is 33.6. The van der Waals surface area contributed by atoms with E-state index in [1.54, 1.807) is 0 Å². The molecule has 2 nitrogen and oxygen atoms in total. The van der Waals surface area contributed by atoms with Gasteiger partial charge in [-0.3, -0.25) is 0 Å². The average Bonchev–Trinajstić information content (AvgIpc) is 2.95. The van der Waals surface area contributed by atoms with Crippen LogP contribution in [0.5, 0.6) is 0 Å². The fourth-order valence-corrected chi connectivity index (χ4v) is 6.23. The highest BCUT2D eigenvalue weighted by Crippen LogP contribution is 2.35. The Kier molecular flexibility index (Phi) is 8.49. The van der Waals surface area contributed by atoms with E-state index >= 15 is 0 Å². The van der Waals surface area contributed by atoms with Crippen LogP contribution >= 0.6 is 0 Å². The second kappa shape index (κ2) is 12.2. The Morgan fingerprint density at radius 3 is 1.90 bits per heavy atom. The van der Waals surface area contributed by atoms with Crippen LogP contribution in [0.25, 0.3) is 21.9 Å². The SMILES string of the molecule is Cc1cc(C)c(NCc2ccc3ccccc3c2-c2cccc(CNc3c(C(C)C)cccc3C(C)C)c2)c(C)c1. The van der Waals surface area contributed by atoms with Crippen LogP contribution in [-0.4, -0.2) is 0 Å². The molecule has 0 heterocycles. The predicted octanol–water partition coefficient (Wildman–Crippen LogP) is 10.9. The second-order valence-corrected chi connectivity index (χ2v) is 12.1. The molecule has 0 bridgehead atoms. The topological polar surface area (TPSA) is 24.1 Å². The van der Waals surface area contributed by atoms with Crippen LogP contribution in [-0.2, 0) is 13.1 Å². The number of fused-ring (bicyclic) bond motifs is 1. The summed E-state index contributed by atoms with van der Waals surface area (Å²) < 4.78 is 0. The first-order valence-electron chi connectivity index (χ1n) is 15.0. The molecule has 0 aliphatic carbocycles. The molecule has 0 aromatic heterocycles. The molecule has 0 amide bonds. The maximum absolute atomic E-state index is 3.84. The lowest BCUT2D eigenvalue weighted by atomic mass is 9.91. The van der Waals surface area contributed by atoms with E-state index in [1.807, 2.05) is 0 Å². The number of hydrogen-bond donors (Lipinski definition) is 2. The van der Waals surface area contributed by atoms with Crippen molar-refractivity contribution in [1.82, 2.24) is 0 Å². The van der Waals surface area contributed by atoms with E-state index in [0.717, 1.165) is 13.1 Å². The first kappa shape index (κ1) is 28.5. The molecule has 0 aliphatic heterocycles. The van der Waals surface area contributed by atoms with Gasteiger partial charge < -0.3 is 10.6 Å². The highest BCUT2D eigenvalue weighted by Gasteiger charge is 2.15. The quantitative estimate of drug-likeness (QED) is 0.194. The molecule has 0 unspecified atom stereocenters. The zero-order valence-electron chi connectivity index (χ0n) is 25.7. The summed E-state index contributed by atoms with van der Waals surface area (Å²) in [6.07, 6.45) is 0. The summed E-state index contributed by atoms with van der Waals surface area (Å²) in [6.45, 7) is 17.2. The summed E-state index contributed by atoms with van der Waals surface area (Å²) in [5.74, 6) is 0.933. The van der Waals surface area contributed by atoms with Crippen molar-refractivity contribution >= 4 is 22.1 Å². The summed E-state index contributed by atoms with van der Waals surface area (Å²) in [7, 11) is 0. The van der Waals surface area contributed by atoms with Crippen LogP contribution in [0.4, 0.5) is 11.4 Å². The highest BCUT2D eigenvalue weighted by molar-refractivity contribution is 5.98. The lowest BCUT2D eigenvalue weighted by Crippen LogP contribution is -2.08. The first-order chi connectivity index (χ1) is 19.7. The van der Waals surface area contributed by atoms with Crippen molar-refractivity contribution < 1.29 is 0 Å². The molecule has 0 spiro atoms. The molecule has 41 heavy (non-hydrogen) atoms. The fourth-order valence-electron chi connectivity index (χ4n) is 6.23. The molecule has 0 saturated carbocycles. The number of benzene rings is 5. The molecular weight excluding hydrogens is 496 g/mol. The van der Waals surface area contributed by atoms with E-state index < -0.39 is 0 Å². The van der Waals surface area contributed by atoms with Crippen molar-refractivity contribution in [3.05, 3.63) is 130 Å².